The zero-order valence-corrected chi connectivity index (χ0v) is 14.5. The van der Waals surface area contributed by atoms with Gasteiger partial charge in [0.25, 0.3) is 0 Å². The van der Waals surface area contributed by atoms with Gasteiger partial charge in [0.15, 0.2) is 5.78 Å². The number of rotatable bonds is 10. The maximum atomic E-state index is 12.6. The molecule has 0 amide bonds. The molecule has 0 heterocycles. The van der Waals surface area contributed by atoms with Gasteiger partial charge < -0.3 is 13.8 Å². The number of ether oxygens (including phenoxy) is 1. The molecule has 0 aromatic heterocycles. The predicted octanol–water partition coefficient (Wildman–Crippen LogP) is 3.82. The van der Waals surface area contributed by atoms with Crippen molar-refractivity contribution in [2.75, 3.05) is 13.2 Å². The van der Waals surface area contributed by atoms with Crippen molar-refractivity contribution >= 4 is 13.4 Å². The summed E-state index contributed by atoms with van der Waals surface area (Å²) < 4.78 is 28.6. The summed E-state index contributed by atoms with van der Waals surface area (Å²) in [6.45, 7) is 7.45. The van der Waals surface area contributed by atoms with Gasteiger partial charge in [-0.2, -0.15) is 0 Å². The van der Waals surface area contributed by atoms with Crippen molar-refractivity contribution in [1.29, 1.82) is 0 Å². The zero-order valence-electron chi connectivity index (χ0n) is 13.7. The molecule has 2 atom stereocenters. The molecule has 0 fully saturated rings. The molecule has 22 heavy (non-hydrogen) atoms. The largest absolute Gasteiger partial charge is 0.366 e. The summed E-state index contributed by atoms with van der Waals surface area (Å²) in [7, 11) is -3.45. The number of benzene rings is 1. The summed E-state index contributed by atoms with van der Waals surface area (Å²) in [6, 6.07) is 9.58. The molecule has 1 rings (SSSR count). The van der Waals surface area contributed by atoms with Gasteiger partial charge in [-0.3, -0.25) is 9.36 Å². The summed E-state index contributed by atoms with van der Waals surface area (Å²) in [4.78, 5) is 12.4. The Bertz CT molecular complexity index is 493. The predicted molar refractivity (Wildman–Crippen MR) is 86.0 cm³/mol. The number of Topliss-reactive ketones (excluding diaryl/α,β-unsaturated/α-hetero) is 1. The first-order chi connectivity index (χ1) is 10.4. The highest BCUT2D eigenvalue weighted by Crippen LogP contribution is 2.53. The average molecular weight is 328 g/mol. The van der Waals surface area contributed by atoms with Crippen LogP contribution in [0.15, 0.2) is 30.3 Å². The Labute approximate surface area is 132 Å². The molecule has 0 spiro atoms. The minimum atomic E-state index is -3.45. The smallest absolute Gasteiger partial charge is 0.340 e. The monoisotopic (exact) mass is 328 g/mol. The fourth-order valence-corrected chi connectivity index (χ4v) is 3.76. The van der Waals surface area contributed by atoms with E-state index in [4.69, 9.17) is 13.8 Å². The molecule has 0 aliphatic rings. The van der Waals surface area contributed by atoms with Gasteiger partial charge in [-0.1, -0.05) is 30.3 Å². The lowest BCUT2D eigenvalue weighted by atomic mass is 10.2. The fourth-order valence-electron chi connectivity index (χ4n) is 1.99. The van der Waals surface area contributed by atoms with Crippen LogP contribution < -0.4 is 0 Å². The second kappa shape index (κ2) is 9.21. The molecule has 0 N–H and O–H groups in total. The highest BCUT2D eigenvalue weighted by atomic mass is 31.2. The lowest BCUT2D eigenvalue weighted by molar-refractivity contribution is -0.129. The van der Waals surface area contributed by atoms with Gasteiger partial charge in [-0.15, -0.1) is 0 Å². The minimum Gasteiger partial charge on any atom is -0.366 e. The Kier molecular flexibility index (Phi) is 7.97. The molecule has 0 aliphatic carbocycles. The molecule has 0 saturated carbocycles. The number of hydrogen-bond donors (Lipinski definition) is 0. The summed E-state index contributed by atoms with van der Waals surface area (Å²) in [5, 5.41) is 0. The highest BCUT2D eigenvalue weighted by molar-refractivity contribution is 7.55. The van der Waals surface area contributed by atoms with Gasteiger partial charge in [-0.05, 0) is 33.3 Å². The van der Waals surface area contributed by atoms with Crippen LogP contribution in [0.3, 0.4) is 0 Å². The Balaban J connectivity index is 2.65. The Morgan fingerprint density at radius 1 is 1.09 bits per heavy atom. The van der Waals surface area contributed by atoms with Crippen molar-refractivity contribution in [1.82, 2.24) is 0 Å². The van der Waals surface area contributed by atoms with Crippen molar-refractivity contribution in [3.63, 3.8) is 0 Å². The highest BCUT2D eigenvalue weighted by Gasteiger charge is 2.39. The third-order valence-electron chi connectivity index (χ3n) is 3.25. The van der Waals surface area contributed by atoms with Crippen LogP contribution in [0.2, 0.25) is 0 Å². The third kappa shape index (κ3) is 5.33. The van der Waals surface area contributed by atoms with Gasteiger partial charge in [0.2, 0.25) is 0 Å². The van der Waals surface area contributed by atoms with E-state index in [2.05, 4.69) is 0 Å². The van der Waals surface area contributed by atoms with Crippen molar-refractivity contribution < 1.29 is 23.1 Å². The second-order valence-electron chi connectivity index (χ2n) is 4.89. The van der Waals surface area contributed by atoms with Gasteiger partial charge >= 0.3 is 7.60 Å². The number of carbonyl (C=O) groups excluding carboxylic acids is 1. The van der Waals surface area contributed by atoms with Crippen LogP contribution >= 0.6 is 7.60 Å². The average Bonchev–Trinajstić information content (AvgIpc) is 2.52. The Hall–Kier alpha value is -1.00. The van der Waals surface area contributed by atoms with E-state index >= 15 is 0 Å². The van der Waals surface area contributed by atoms with Crippen molar-refractivity contribution in [2.24, 2.45) is 0 Å². The molecule has 1 aromatic rings. The molecule has 0 radical (unpaired) electrons. The van der Waals surface area contributed by atoms with E-state index in [9.17, 15) is 9.36 Å². The lowest BCUT2D eigenvalue weighted by Gasteiger charge is -2.24. The molecule has 124 valence electrons. The maximum absolute atomic E-state index is 12.6. The SMILES string of the molecule is CCOP(=O)(OCC)C(C)C(=O)[C@H](C)OCc1ccccc1. The van der Waals surface area contributed by atoms with Crippen LogP contribution in [0.25, 0.3) is 0 Å². The van der Waals surface area contributed by atoms with Crippen molar-refractivity contribution in [3.05, 3.63) is 35.9 Å². The van der Waals surface area contributed by atoms with Crippen LogP contribution in [0, 0.1) is 0 Å². The zero-order chi connectivity index (χ0) is 16.6. The van der Waals surface area contributed by atoms with Gasteiger partial charge in [0, 0.05) is 0 Å². The Morgan fingerprint density at radius 2 is 1.64 bits per heavy atom. The lowest BCUT2D eigenvalue weighted by Crippen LogP contribution is -2.31. The summed E-state index contributed by atoms with van der Waals surface area (Å²) >= 11 is 0. The molecular weight excluding hydrogens is 303 g/mol. The molecule has 0 bridgehead atoms. The van der Waals surface area contributed by atoms with E-state index in [0.29, 0.717) is 6.61 Å². The maximum Gasteiger partial charge on any atom is 0.340 e. The number of ketones is 1. The first-order valence-electron chi connectivity index (χ1n) is 7.52. The van der Waals surface area contributed by atoms with Crippen LogP contribution in [0.1, 0.15) is 33.3 Å². The van der Waals surface area contributed by atoms with Gasteiger partial charge in [0.05, 0.1) is 19.8 Å². The van der Waals surface area contributed by atoms with Crippen molar-refractivity contribution in [3.8, 4) is 0 Å². The number of carbonyl (C=O) groups is 1. The quantitative estimate of drug-likeness (QED) is 0.611. The van der Waals surface area contributed by atoms with Gasteiger partial charge in [0.1, 0.15) is 11.8 Å². The standard InChI is InChI=1S/C16H25O5P/c1-5-20-22(18,21-6-2)14(4)16(17)13(3)19-12-15-10-8-7-9-11-15/h7-11,13-14H,5-6,12H2,1-4H3/t13-,14?/m0/s1. The summed E-state index contributed by atoms with van der Waals surface area (Å²) in [6.07, 6.45) is -0.676. The molecule has 0 aliphatic heterocycles. The van der Waals surface area contributed by atoms with Crippen LogP contribution in [-0.2, 0) is 29.8 Å². The van der Waals surface area contributed by atoms with E-state index in [0.717, 1.165) is 5.56 Å². The molecule has 0 saturated heterocycles. The van der Waals surface area contributed by atoms with E-state index in [-0.39, 0.29) is 19.0 Å². The van der Waals surface area contributed by atoms with E-state index < -0.39 is 19.4 Å². The van der Waals surface area contributed by atoms with Gasteiger partial charge in [-0.25, -0.2) is 0 Å². The molecule has 1 aromatic carbocycles. The van der Waals surface area contributed by atoms with Crippen LogP contribution in [-0.4, -0.2) is 30.8 Å². The first-order valence-corrected chi connectivity index (χ1v) is 9.13. The third-order valence-corrected chi connectivity index (χ3v) is 5.69. The van der Waals surface area contributed by atoms with E-state index in [1.807, 2.05) is 30.3 Å². The number of hydrogen-bond acceptors (Lipinski definition) is 5. The molecular formula is C16H25O5P. The molecule has 5 nitrogen and oxygen atoms in total. The first kappa shape index (κ1) is 19.0. The summed E-state index contributed by atoms with van der Waals surface area (Å²) in [5.41, 5.74) is 0.130. The second-order valence-corrected chi connectivity index (χ2v) is 7.26. The summed E-state index contributed by atoms with van der Waals surface area (Å²) in [5.74, 6) is -0.277. The van der Waals surface area contributed by atoms with Crippen molar-refractivity contribution in [2.45, 2.75) is 46.1 Å². The molecule has 6 heteroatoms. The normalized spacial score (nSPS) is 14.5. The van der Waals surface area contributed by atoms with E-state index in [1.165, 1.54) is 0 Å². The fraction of sp³-hybridized carbons (Fsp3) is 0.562. The topological polar surface area (TPSA) is 61.8 Å². The van der Waals surface area contributed by atoms with E-state index in [1.54, 1.807) is 27.7 Å². The Morgan fingerprint density at radius 3 is 2.14 bits per heavy atom. The molecule has 1 unspecified atom stereocenters. The van der Waals surface area contributed by atoms with Crippen LogP contribution in [0.5, 0.6) is 0 Å². The minimum absolute atomic E-state index is 0.230. The van der Waals surface area contributed by atoms with Crippen LogP contribution in [0.4, 0.5) is 0 Å².